The number of carbonyl (C=O) groups excluding carboxylic acids is 2. The number of fused-ring (bicyclic) bond motifs is 1. The number of ether oxygens (including phenoxy) is 1. The zero-order valence-corrected chi connectivity index (χ0v) is 14.6. The topological polar surface area (TPSA) is 49.9 Å². The number of esters is 1. The molecule has 130 valence electrons. The van der Waals surface area contributed by atoms with Gasteiger partial charge in [0.2, 0.25) is 0 Å². The molecule has 0 saturated heterocycles. The average molecular weight is 338 g/mol. The molecule has 1 heterocycles. The third kappa shape index (κ3) is 3.82. The number of carbonyl (C=O) groups is 2. The maximum Gasteiger partial charge on any atom is 0.338 e. The Morgan fingerprint density at radius 2 is 1.92 bits per heavy atom. The molecule has 0 unspecified atom stereocenters. The Hall–Kier alpha value is -2.82. The molecule has 5 heteroatoms. The minimum atomic E-state index is -0.484. The van der Waals surface area contributed by atoms with Gasteiger partial charge in [-0.1, -0.05) is 24.3 Å². The molecule has 1 aliphatic heterocycles. The van der Waals surface area contributed by atoms with E-state index in [-0.39, 0.29) is 12.5 Å². The highest BCUT2D eigenvalue weighted by Gasteiger charge is 2.23. The molecule has 0 aliphatic carbocycles. The van der Waals surface area contributed by atoms with E-state index in [1.807, 2.05) is 49.3 Å². The lowest BCUT2D eigenvalue weighted by atomic mass is 10.0. The van der Waals surface area contributed by atoms with Crippen LogP contribution in [-0.4, -0.2) is 39.1 Å². The maximum atomic E-state index is 12.5. The highest BCUT2D eigenvalue weighted by atomic mass is 16.5. The molecule has 3 rings (SSSR count). The van der Waals surface area contributed by atoms with E-state index in [2.05, 4.69) is 0 Å². The van der Waals surface area contributed by atoms with Crippen LogP contribution in [0, 0.1) is 0 Å². The number of aryl methyl sites for hydroxylation is 1. The number of rotatable bonds is 4. The average Bonchev–Trinajstić information content (AvgIpc) is 2.65. The van der Waals surface area contributed by atoms with Crippen molar-refractivity contribution in [2.24, 2.45) is 0 Å². The van der Waals surface area contributed by atoms with Gasteiger partial charge in [-0.2, -0.15) is 0 Å². The van der Waals surface area contributed by atoms with Crippen LogP contribution in [0.2, 0.25) is 0 Å². The van der Waals surface area contributed by atoms with Gasteiger partial charge in [0, 0.05) is 32.0 Å². The Morgan fingerprint density at radius 3 is 2.72 bits per heavy atom. The van der Waals surface area contributed by atoms with Crippen molar-refractivity contribution in [1.29, 1.82) is 0 Å². The molecule has 1 amide bonds. The SMILES string of the molecule is CN(C)c1cccc(C(=O)OCC(=O)N2CCCc3ccccc32)c1. The predicted molar refractivity (Wildman–Crippen MR) is 98.2 cm³/mol. The third-order valence-electron chi connectivity index (χ3n) is 4.34. The van der Waals surface area contributed by atoms with E-state index in [0.717, 1.165) is 29.8 Å². The van der Waals surface area contributed by atoms with Gasteiger partial charge >= 0.3 is 5.97 Å². The first kappa shape index (κ1) is 17.0. The van der Waals surface area contributed by atoms with Gasteiger partial charge in [0.15, 0.2) is 6.61 Å². The number of amides is 1. The third-order valence-corrected chi connectivity index (χ3v) is 4.34. The van der Waals surface area contributed by atoms with Crippen LogP contribution in [0.3, 0.4) is 0 Å². The minimum absolute atomic E-state index is 0.190. The van der Waals surface area contributed by atoms with Crippen molar-refractivity contribution in [3.63, 3.8) is 0 Å². The summed E-state index contributed by atoms with van der Waals surface area (Å²) >= 11 is 0. The normalized spacial score (nSPS) is 13.1. The zero-order valence-electron chi connectivity index (χ0n) is 14.6. The molecular weight excluding hydrogens is 316 g/mol. The van der Waals surface area contributed by atoms with Crippen molar-refractivity contribution in [2.45, 2.75) is 12.8 Å². The van der Waals surface area contributed by atoms with Crippen LogP contribution in [-0.2, 0) is 16.0 Å². The van der Waals surface area contributed by atoms with Gasteiger partial charge in [-0.3, -0.25) is 4.79 Å². The first-order valence-electron chi connectivity index (χ1n) is 8.39. The number of anilines is 2. The molecule has 2 aromatic carbocycles. The van der Waals surface area contributed by atoms with Crippen LogP contribution in [0.4, 0.5) is 11.4 Å². The van der Waals surface area contributed by atoms with Gasteiger partial charge < -0.3 is 14.5 Å². The van der Waals surface area contributed by atoms with Crippen molar-refractivity contribution in [3.05, 3.63) is 59.7 Å². The fourth-order valence-corrected chi connectivity index (χ4v) is 2.99. The van der Waals surface area contributed by atoms with Crippen molar-refractivity contribution in [2.75, 3.05) is 37.0 Å². The molecule has 1 aliphatic rings. The summed E-state index contributed by atoms with van der Waals surface area (Å²) in [6.45, 7) is 0.406. The van der Waals surface area contributed by atoms with E-state index >= 15 is 0 Å². The molecular formula is C20H22N2O3. The van der Waals surface area contributed by atoms with E-state index in [1.165, 1.54) is 0 Å². The van der Waals surface area contributed by atoms with Gasteiger partial charge in [0.05, 0.1) is 5.56 Å². The van der Waals surface area contributed by atoms with Gasteiger partial charge in [-0.05, 0) is 42.7 Å². The number of para-hydroxylation sites is 1. The Morgan fingerprint density at radius 1 is 1.12 bits per heavy atom. The lowest BCUT2D eigenvalue weighted by Crippen LogP contribution is -2.38. The molecule has 0 fully saturated rings. The molecule has 2 aromatic rings. The summed E-state index contributed by atoms with van der Waals surface area (Å²) in [5.41, 5.74) is 3.43. The lowest BCUT2D eigenvalue weighted by molar-refractivity contribution is -0.121. The van der Waals surface area contributed by atoms with Crippen molar-refractivity contribution in [3.8, 4) is 0 Å². The Balaban J connectivity index is 1.65. The first-order valence-corrected chi connectivity index (χ1v) is 8.39. The summed E-state index contributed by atoms with van der Waals surface area (Å²) in [4.78, 5) is 28.4. The molecule has 0 spiro atoms. The highest BCUT2D eigenvalue weighted by Crippen LogP contribution is 2.26. The fraction of sp³-hybridized carbons (Fsp3) is 0.300. The molecule has 0 N–H and O–H groups in total. The second kappa shape index (κ2) is 7.38. The number of benzene rings is 2. The van der Waals surface area contributed by atoms with Crippen LogP contribution in [0.5, 0.6) is 0 Å². The molecule has 0 atom stereocenters. The summed E-state index contributed by atoms with van der Waals surface area (Å²) in [7, 11) is 3.81. The molecule has 0 saturated carbocycles. The minimum Gasteiger partial charge on any atom is -0.452 e. The number of hydrogen-bond acceptors (Lipinski definition) is 4. The van der Waals surface area contributed by atoms with Crippen LogP contribution in [0.25, 0.3) is 0 Å². The standard InChI is InChI=1S/C20H22N2O3/c1-21(2)17-10-5-8-16(13-17)20(24)25-14-19(23)22-12-6-9-15-7-3-4-11-18(15)22/h3-5,7-8,10-11,13H,6,9,12,14H2,1-2H3. The first-order chi connectivity index (χ1) is 12.1. The largest absolute Gasteiger partial charge is 0.452 e. The van der Waals surface area contributed by atoms with Crippen LogP contribution in [0.1, 0.15) is 22.3 Å². The van der Waals surface area contributed by atoms with Crippen LogP contribution >= 0.6 is 0 Å². The number of nitrogens with zero attached hydrogens (tertiary/aromatic N) is 2. The van der Waals surface area contributed by atoms with Gasteiger partial charge in [-0.15, -0.1) is 0 Å². The highest BCUT2D eigenvalue weighted by molar-refractivity contribution is 5.98. The summed E-state index contributed by atoms with van der Waals surface area (Å²) in [6, 6.07) is 15.0. The molecule has 25 heavy (non-hydrogen) atoms. The quantitative estimate of drug-likeness (QED) is 0.805. The Bertz CT molecular complexity index is 786. The second-order valence-corrected chi connectivity index (χ2v) is 6.30. The summed E-state index contributed by atoms with van der Waals surface area (Å²) in [6.07, 6.45) is 1.89. The summed E-state index contributed by atoms with van der Waals surface area (Å²) < 4.78 is 5.24. The Kier molecular flexibility index (Phi) is 5.03. The Labute approximate surface area is 147 Å². The smallest absolute Gasteiger partial charge is 0.338 e. The zero-order chi connectivity index (χ0) is 17.8. The molecule has 0 radical (unpaired) electrons. The van der Waals surface area contributed by atoms with Gasteiger partial charge in [-0.25, -0.2) is 4.79 Å². The molecule has 0 bridgehead atoms. The van der Waals surface area contributed by atoms with E-state index in [1.54, 1.807) is 23.1 Å². The van der Waals surface area contributed by atoms with Crippen LogP contribution < -0.4 is 9.80 Å². The number of hydrogen-bond donors (Lipinski definition) is 0. The van der Waals surface area contributed by atoms with Crippen LogP contribution in [0.15, 0.2) is 48.5 Å². The second-order valence-electron chi connectivity index (χ2n) is 6.30. The predicted octanol–water partition coefficient (Wildman–Crippen LogP) is 2.89. The van der Waals surface area contributed by atoms with Gasteiger partial charge in [0.1, 0.15) is 0 Å². The van der Waals surface area contributed by atoms with Crippen molar-refractivity contribution < 1.29 is 14.3 Å². The van der Waals surface area contributed by atoms with E-state index in [4.69, 9.17) is 4.74 Å². The van der Waals surface area contributed by atoms with Gasteiger partial charge in [0.25, 0.3) is 5.91 Å². The molecule has 0 aromatic heterocycles. The van der Waals surface area contributed by atoms with E-state index in [9.17, 15) is 9.59 Å². The summed E-state index contributed by atoms with van der Waals surface area (Å²) in [5.74, 6) is -0.674. The molecule has 5 nitrogen and oxygen atoms in total. The van der Waals surface area contributed by atoms with Crippen molar-refractivity contribution >= 4 is 23.3 Å². The van der Waals surface area contributed by atoms with E-state index < -0.39 is 5.97 Å². The van der Waals surface area contributed by atoms with E-state index in [0.29, 0.717) is 12.1 Å². The monoisotopic (exact) mass is 338 g/mol. The summed E-state index contributed by atoms with van der Waals surface area (Å²) in [5, 5.41) is 0. The van der Waals surface area contributed by atoms with Crippen molar-refractivity contribution in [1.82, 2.24) is 0 Å². The fourth-order valence-electron chi connectivity index (χ4n) is 2.99. The maximum absolute atomic E-state index is 12.5. The lowest BCUT2D eigenvalue weighted by Gasteiger charge is -2.29.